The summed E-state index contributed by atoms with van der Waals surface area (Å²) in [6, 6.07) is 19.7. The van der Waals surface area contributed by atoms with Crippen molar-refractivity contribution in [3.63, 3.8) is 0 Å². The molecule has 10 heteroatoms. The molecule has 0 saturated heterocycles. The van der Waals surface area contributed by atoms with E-state index in [1.165, 1.54) is 35.4 Å². The Bertz CT molecular complexity index is 1820. The molecular weight excluding hydrogens is 602 g/mol. The Labute approximate surface area is 272 Å². The molecule has 4 rings (SSSR count). The zero-order chi connectivity index (χ0) is 33.7. The van der Waals surface area contributed by atoms with E-state index in [1.54, 1.807) is 24.3 Å². The van der Waals surface area contributed by atoms with Crippen LogP contribution in [0.25, 0.3) is 10.8 Å². The predicted molar refractivity (Wildman–Crippen MR) is 184 cm³/mol. The van der Waals surface area contributed by atoms with Crippen LogP contribution in [-0.4, -0.2) is 31.6 Å². The minimum Gasteiger partial charge on any atom is -0.505 e. The molecule has 0 spiro atoms. The minimum absolute atomic E-state index is 0.0352. The molecule has 46 heavy (non-hydrogen) atoms. The maximum atomic E-state index is 13.2. The molecule has 245 valence electrons. The lowest BCUT2D eigenvalue weighted by atomic mass is 9.76. The van der Waals surface area contributed by atoms with Crippen molar-refractivity contribution in [2.45, 2.75) is 83.0 Å². The van der Waals surface area contributed by atoms with Crippen LogP contribution in [0.1, 0.15) is 78.4 Å². The van der Waals surface area contributed by atoms with Crippen LogP contribution in [0.4, 0.5) is 17.1 Å². The van der Waals surface area contributed by atoms with E-state index >= 15 is 0 Å². The van der Waals surface area contributed by atoms with Gasteiger partial charge in [-0.25, -0.2) is 8.42 Å². The molecule has 0 aliphatic carbocycles. The largest absolute Gasteiger partial charge is 0.505 e. The fourth-order valence-electron chi connectivity index (χ4n) is 5.11. The number of nitrogens with zero attached hydrogens (tertiary/aromatic N) is 2. The molecule has 1 radical (unpaired) electrons. The van der Waals surface area contributed by atoms with Crippen molar-refractivity contribution in [3.8, 4) is 11.5 Å². The number of phenols is 1. The number of nitro groups is 1. The molecular formula is C36H44N3O6S. The molecule has 9 nitrogen and oxygen atoms in total. The molecule has 0 amide bonds. The molecule has 0 aromatic heterocycles. The van der Waals surface area contributed by atoms with E-state index in [2.05, 4.69) is 69.8 Å². The molecule has 0 fully saturated rings. The zero-order valence-electron chi connectivity index (χ0n) is 27.5. The number of phenolic OH excluding ortho intramolecular Hbond substituents is 1. The number of nitro benzene ring substituents is 1. The normalized spacial score (nSPS) is 12.2. The fraction of sp³-hybridized carbons (Fsp3) is 0.389. The number of rotatable bonds is 15. The van der Waals surface area contributed by atoms with E-state index in [1.807, 2.05) is 0 Å². The van der Waals surface area contributed by atoms with Crippen LogP contribution in [0.3, 0.4) is 0 Å². The number of non-ortho nitro benzene ring substituents is 1. The Morgan fingerprint density at radius 3 is 2.26 bits per heavy atom. The van der Waals surface area contributed by atoms with Gasteiger partial charge in [-0.1, -0.05) is 84.0 Å². The van der Waals surface area contributed by atoms with Crippen molar-refractivity contribution in [1.29, 1.82) is 0 Å². The number of unbranched alkanes of at least 4 members (excludes halogenated alkanes) is 1. The summed E-state index contributed by atoms with van der Waals surface area (Å²) in [4.78, 5) is 10.3. The third kappa shape index (κ3) is 7.73. The first-order valence-corrected chi connectivity index (χ1v) is 17.2. The summed E-state index contributed by atoms with van der Waals surface area (Å²) in [6.45, 7) is 14.3. The SMILES string of the molecule is CCC(C)(C)c1ccc(OCCCC[N]c2cc(NS(=O)(=O)c3cccc([N+](=O)[O-])c3)c3ccccc3c2O)c(C(C)(C)CC)c1. The topological polar surface area (TPSA) is 133 Å². The van der Waals surface area contributed by atoms with Crippen LogP contribution in [0.2, 0.25) is 0 Å². The highest BCUT2D eigenvalue weighted by Gasteiger charge is 2.27. The number of aromatic hydroxyl groups is 1. The van der Waals surface area contributed by atoms with Gasteiger partial charge in [0.15, 0.2) is 0 Å². The van der Waals surface area contributed by atoms with Crippen LogP contribution < -0.4 is 14.8 Å². The summed E-state index contributed by atoms with van der Waals surface area (Å²) in [5.41, 5.74) is 2.68. The number of anilines is 1. The quantitative estimate of drug-likeness (QED) is 0.0574. The highest BCUT2D eigenvalue weighted by Crippen LogP contribution is 2.40. The van der Waals surface area contributed by atoms with Gasteiger partial charge in [0.1, 0.15) is 17.2 Å². The average molecular weight is 647 g/mol. The van der Waals surface area contributed by atoms with Gasteiger partial charge >= 0.3 is 0 Å². The third-order valence-corrected chi connectivity index (χ3v) is 10.3. The van der Waals surface area contributed by atoms with Crippen molar-refractivity contribution in [2.75, 3.05) is 17.9 Å². The smallest absolute Gasteiger partial charge is 0.270 e. The van der Waals surface area contributed by atoms with Crippen LogP contribution in [0.5, 0.6) is 11.5 Å². The predicted octanol–water partition coefficient (Wildman–Crippen LogP) is 8.72. The molecule has 2 N–H and O–H groups in total. The number of ether oxygens (including phenoxy) is 1. The average Bonchev–Trinajstić information content (AvgIpc) is 3.04. The van der Waals surface area contributed by atoms with Crippen molar-refractivity contribution in [1.82, 2.24) is 5.32 Å². The Morgan fingerprint density at radius 1 is 0.891 bits per heavy atom. The third-order valence-electron chi connectivity index (χ3n) is 8.93. The number of benzene rings is 4. The van der Waals surface area contributed by atoms with Gasteiger partial charge in [0, 0.05) is 35.0 Å². The van der Waals surface area contributed by atoms with Gasteiger partial charge in [-0.15, -0.1) is 0 Å². The molecule has 0 aliphatic heterocycles. The number of hydrogen-bond donors (Lipinski definition) is 2. The Hall–Kier alpha value is -4.31. The summed E-state index contributed by atoms with van der Waals surface area (Å²) in [6.07, 6.45) is 3.45. The molecule has 0 heterocycles. The van der Waals surface area contributed by atoms with Crippen LogP contribution in [0, 0.1) is 10.1 Å². The Balaban J connectivity index is 1.45. The molecule has 0 bridgehead atoms. The Morgan fingerprint density at radius 2 is 1.59 bits per heavy atom. The van der Waals surface area contributed by atoms with Gasteiger partial charge in [-0.2, -0.15) is 0 Å². The number of hydrogen-bond acceptors (Lipinski definition) is 6. The standard InChI is InChI=1S/C36H44N3O6S/c1-7-35(3,4)25-18-19-33(30(22-25)36(5,6)8-2)45-21-12-11-20-37-32-24-31(28-16-9-10-17-29(28)34(32)40)38-46(43,44)27-15-13-14-26(23-27)39(41)42/h9-10,13-19,22-24,38,40H,7-8,11-12,20-21H2,1-6H3. The summed E-state index contributed by atoms with van der Waals surface area (Å²) >= 11 is 0. The lowest BCUT2D eigenvalue weighted by molar-refractivity contribution is -0.385. The lowest BCUT2D eigenvalue weighted by Gasteiger charge is -2.30. The van der Waals surface area contributed by atoms with Gasteiger partial charge < -0.3 is 9.84 Å². The molecule has 0 unspecified atom stereocenters. The summed E-state index contributed by atoms with van der Waals surface area (Å²) in [7, 11) is -4.17. The van der Waals surface area contributed by atoms with Gasteiger partial charge in [-0.05, 0) is 60.3 Å². The highest BCUT2D eigenvalue weighted by molar-refractivity contribution is 7.92. The van der Waals surface area contributed by atoms with E-state index in [-0.39, 0.29) is 38.5 Å². The first kappa shape index (κ1) is 34.6. The number of sulfonamides is 1. The molecule has 0 aliphatic rings. The first-order chi connectivity index (χ1) is 21.7. The maximum Gasteiger partial charge on any atom is 0.270 e. The van der Waals surface area contributed by atoms with Gasteiger partial charge in [0.25, 0.3) is 15.7 Å². The fourth-order valence-corrected chi connectivity index (χ4v) is 6.22. The van der Waals surface area contributed by atoms with Crippen molar-refractivity contribution >= 4 is 37.9 Å². The monoisotopic (exact) mass is 646 g/mol. The number of fused-ring (bicyclic) bond motifs is 1. The second-order valence-corrected chi connectivity index (χ2v) is 14.5. The molecule has 0 atom stereocenters. The van der Waals surface area contributed by atoms with E-state index in [9.17, 15) is 23.6 Å². The molecule has 4 aromatic carbocycles. The molecule has 4 aromatic rings. The summed E-state index contributed by atoms with van der Waals surface area (Å²) in [5.74, 6) is 0.846. The van der Waals surface area contributed by atoms with Crippen molar-refractivity contribution in [2.24, 2.45) is 0 Å². The van der Waals surface area contributed by atoms with E-state index in [0.29, 0.717) is 30.3 Å². The van der Waals surface area contributed by atoms with Gasteiger partial charge in [0.2, 0.25) is 0 Å². The van der Waals surface area contributed by atoms with E-state index < -0.39 is 14.9 Å². The lowest BCUT2D eigenvalue weighted by Crippen LogP contribution is -2.21. The van der Waals surface area contributed by atoms with E-state index in [0.717, 1.165) is 31.1 Å². The van der Waals surface area contributed by atoms with E-state index in [4.69, 9.17) is 4.74 Å². The number of nitrogens with one attached hydrogen (secondary N) is 1. The van der Waals surface area contributed by atoms with Crippen LogP contribution in [0.15, 0.2) is 77.7 Å². The maximum absolute atomic E-state index is 13.2. The molecule has 0 saturated carbocycles. The summed E-state index contributed by atoms with van der Waals surface area (Å²) in [5, 5.41) is 27.7. The summed E-state index contributed by atoms with van der Waals surface area (Å²) < 4.78 is 35.3. The minimum atomic E-state index is -4.17. The second kappa shape index (κ2) is 14.0. The zero-order valence-corrected chi connectivity index (χ0v) is 28.3. The van der Waals surface area contributed by atoms with Crippen molar-refractivity contribution < 1.29 is 23.2 Å². The van der Waals surface area contributed by atoms with Crippen molar-refractivity contribution in [3.05, 3.63) is 94.0 Å². The first-order valence-electron chi connectivity index (χ1n) is 15.7. The van der Waals surface area contributed by atoms with Gasteiger partial charge in [-0.3, -0.25) is 20.2 Å². The Kier molecular flexibility index (Phi) is 10.5. The second-order valence-electron chi connectivity index (χ2n) is 12.8. The van der Waals surface area contributed by atoms with Gasteiger partial charge in [0.05, 0.1) is 22.1 Å². The van der Waals surface area contributed by atoms with Crippen LogP contribution >= 0.6 is 0 Å². The highest BCUT2D eigenvalue weighted by atomic mass is 32.2. The van der Waals surface area contributed by atoms with Crippen LogP contribution in [-0.2, 0) is 20.9 Å².